The minimum Gasteiger partial charge on any atom is -0.353 e. The van der Waals surface area contributed by atoms with Gasteiger partial charge in [0, 0.05) is 16.6 Å². The highest BCUT2D eigenvalue weighted by molar-refractivity contribution is 9.10. The second-order valence-corrected chi connectivity index (χ2v) is 4.83. The monoisotopic (exact) mass is 294 g/mol. The van der Waals surface area contributed by atoms with Crippen molar-refractivity contribution in [2.75, 3.05) is 13.2 Å². The zero-order valence-electron chi connectivity index (χ0n) is 9.62. The molecule has 1 saturated heterocycles. The van der Waals surface area contributed by atoms with Gasteiger partial charge in [-0.15, -0.1) is 0 Å². The van der Waals surface area contributed by atoms with E-state index in [1.54, 1.807) is 0 Å². The number of ether oxygens (including phenoxy) is 2. The Morgan fingerprint density at radius 2 is 2.12 bits per heavy atom. The molecule has 1 aromatic carbocycles. The first-order valence-electron chi connectivity index (χ1n) is 5.82. The molecule has 0 N–H and O–H groups in total. The largest absolute Gasteiger partial charge is 0.353 e. The van der Waals surface area contributed by atoms with E-state index in [4.69, 9.17) is 9.47 Å². The van der Waals surface area contributed by atoms with Crippen LogP contribution in [0.3, 0.4) is 0 Å². The van der Waals surface area contributed by atoms with Crippen LogP contribution >= 0.6 is 15.9 Å². The van der Waals surface area contributed by atoms with Gasteiger partial charge in [-0.2, -0.15) is 0 Å². The average molecular weight is 295 g/mol. The molecular weight excluding hydrogens is 280 g/mol. The standard InChI is InChI=1S/C14H15BrO2/c15-13-8-6-12(7-9-13)4-3-11-17-14-5-1-2-10-16-14/h6-9,14H,1-2,5,10-11H2. The third kappa shape index (κ3) is 4.51. The molecule has 0 bridgehead atoms. The van der Waals surface area contributed by atoms with Gasteiger partial charge < -0.3 is 9.47 Å². The van der Waals surface area contributed by atoms with Crippen molar-refractivity contribution in [3.8, 4) is 11.8 Å². The molecule has 0 amide bonds. The molecule has 3 heteroatoms. The van der Waals surface area contributed by atoms with Crippen molar-refractivity contribution in [3.63, 3.8) is 0 Å². The Morgan fingerprint density at radius 3 is 2.82 bits per heavy atom. The van der Waals surface area contributed by atoms with Gasteiger partial charge in [-0.25, -0.2) is 0 Å². The minimum absolute atomic E-state index is 0.0528. The first-order valence-corrected chi connectivity index (χ1v) is 6.61. The maximum Gasteiger partial charge on any atom is 0.158 e. The van der Waals surface area contributed by atoms with Gasteiger partial charge in [0.1, 0.15) is 6.61 Å². The third-order valence-corrected chi connectivity index (χ3v) is 3.08. The predicted molar refractivity (Wildman–Crippen MR) is 70.6 cm³/mol. The molecule has 1 atom stereocenters. The molecule has 1 unspecified atom stereocenters. The van der Waals surface area contributed by atoms with Crippen molar-refractivity contribution in [2.45, 2.75) is 25.6 Å². The topological polar surface area (TPSA) is 18.5 Å². The summed E-state index contributed by atoms with van der Waals surface area (Å²) in [6.45, 7) is 1.24. The van der Waals surface area contributed by atoms with Gasteiger partial charge in [-0.3, -0.25) is 0 Å². The molecule has 17 heavy (non-hydrogen) atoms. The van der Waals surface area contributed by atoms with Crippen LogP contribution in [0.4, 0.5) is 0 Å². The predicted octanol–water partition coefficient (Wildman–Crippen LogP) is 3.34. The van der Waals surface area contributed by atoms with Crippen LogP contribution in [0.5, 0.6) is 0 Å². The van der Waals surface area contributed by atoms with Gasteiger partial charge in [-0.05, 0) is 43.5 Å². The van der Waals surface area contributed by atoms with Crippen molar-refractivity contribution < 1.29 is 9.47 Å². The quantitative estimate of drug-likeness (QED) is 0.779. The van der Waals surface area contributed by atoms with Gasteiger partial charge in [0.25, 0.3) is 0 Å². The summed E-state index contributed by atoms with van der Waals surface area (Å²) < 4.78 is 12.0. The van der Waals surface area contributed by atoms with E-state index in [1.165, 1.54) is 6.42 Å². The van der Waals surface area contributed by atoms with Gasteiger partial charge in [0.05, 0.1) is 0 Å². The highest BCUT2D eigenvalue weighted by Crippen LogP contribution is 2.13. The Morgan fingerprint density at radius 1 is 1.29 bits per heavy atom. The summed E-state index contributed by atoms with van der Waals surface area (Å²) in [5.74, 6) is 6.06. The van der Waals surface area contributed by atoms with Crippen molar-refractivity contribution in [3.05, 3.63) is 34.3 Å². The fourth-order valence-electron chi connectivity index (χ4n) is 1.65. The van der Waals surface area contributed by atoms with E-state index < -0.39 is 0 Å². The van der Waals surface area contributed by atoms with Gasteiger partial charge in [0.15, 0.2) is 6.29 Å². The lowest BCUT2D eigenvalue weighted by Crippen LogP contribution is -2.22. The SMILES string of the molecule is Brc1ccc(C#CCOC2CCCCO2)cc1. The molecule has 1 aromatic rings. The molecule has 1 heterocycles. The lowest BCUT2D eigenvalue weighted by atomic mass is 10.2. The highest BCUT2D eigenvalue weighted by Gasteiger charge is 2.12. The smallest absolute Gasteiger partial charge is 0.158 e. The summed E-state index contributed by atoms with van der Waals surface area (Å²) in [6.07, 6.45) is 3.26. The second kappa shape index (κ2) is 6.80. The van der Waals surface area contributed by atoms with Crippen LogP contribution in [-0.2, 0) is 9.47 Å². The summed E-state index contributed by atoms with van der Waals surface area (Å²) >= 11 is 3.39. The number of rotatable bonds is 2. The van der Waals surface area contributed by atoms with Gasteiger partial charge in [-0.1, -0.05) is 27.8 Å². The van der Waals surface area contributed by atoms with E-state index in [0.29, 0.717) is 6.61 Å². The van der Waals surface area contributed by atoms with Crippen LogP contribution in [0.15, 0.2) is 28.7 Å². The van der Waals surface area contributed by atoms with Crippen molar-refractivity contribution >= 4 is 15.9 Å². The molecular formula is C14H15BrO2. The van der Waals surface area contributed by atoms with Crippen molar-refractivity contribution in [1.29, 1.82) is 0 Å². The Hall–Kier alpha value is -0.820. The fourth-order valence-corrected chi connectivity index (χ4v) is 1.91. The van der Waals surface area contributed by atoms with Crippen LogP contribution in [-0.4, -0.2) is 19.5 Å². The number of halogens is 1. The number of hydrogen-bond donors (Lipinski definition) is 0. The average Bonchev–Trinajstić information content (AvgIpc) is 2.38. The Kier molecular flexibility index (Phi) is 5.06. The normalized spacial score (nSPS) is 19.5. The number of benzene rings is 1. The van der Waals surface area contributed by atoms with Crippen LogP contribution in [0, 0.1) is 11.8 Å². The van der Waals surface area contributed by atoms with Gasteiger partial charge >= 0.3 is 0 Å². The zero-order chi connectivity index (χ0) is 11.9. The van der Waals surface area contributed by atoms with Crippen molar-refractivity contribution in [2.24, 2.45) is 0 Å². The minimum atomic E-state index is -0.0528. The maximum atomic E-state index is 5.52. The van der Waals surface area contributed by atoms with E-state index in [9.17, 15) is 0 Å². The summed E-state index contributed by atoms with van der Waals surface area (Å²) in [4.78, 5) is 0. The Labute approximate surface area is 110 Å². The molecule has 2 nitrogen and oxygen atoms in total. The molecule has 0 spiro atoms. The number of hydrogen-bond acceptors (Lipinski definition) is 2. The molecule has 90 valence electrons. The van der Waals surface area contributed by atoms with Crippen LogP contribution in [0.2, 0.25) is 0 Å². The Balaban J connectivity index is 1.76. The van der Waals surface area contributed by atoms with E-state index in [0.717, 1.165) is 29.5 Å². The molecule has 0 aromatic heterocycles. The van der Waals surface area contributed by atoms with Crippen molar-refractivity contribution in [1.82, 2.24) is 0 Å². The van der Waals surface area contributed by atoms with Gasteiger partial charge in [0.2, 0.25) is 0 Å². The maximum absolute atomic E-state index is 5.52. The summed E-state index contributed by atoms with van der Waals surface area (Å²) in [5, 5.41) is 0. The fraction of sp³-hybridized carbons (Fsp3) is 0.429. The zero-order valence-corrected chi connectivity index (χ0v) is 11.2. The molecule has 1 aliphatic heterocycles. The molecule has 0 saturated carbocycles. The molecule has 1 fully saturated rings. The lowest BCUT2D eigenvalue weighted by Gasteiger charge is -2.21. The first kappa shape index (κ1) is 12.6. The molecule has 0 aliphatic carbocycles. The van der Waals surface area contributed by atoms with E-state index in [2.05, 4.69) is 27.8 Å². The third-order valence-electron chi connectivity index (χ3n) is 2.56. The molecule has 0 radical (unpaired) electrons. The Bertz CT molecular complexity index is 396. The van der Waals surface area contributed by atoms with Crippen LogP contribution in [0.1, 0.15) is 24.8 Å². The summed E-state index contributed by atoms with van der Waals surface area (Å²) in [7, 11) is 0. The van der Waals surface area contributed by atoms with Crippen LogP contribution in [0.25, 0.3) is 0 Å². The highest BCUT2D eigenvalue weighted by atomic mass is 79.9. The van der Waals surface area contributed by atoms with Crippen LogP contribution < -0.4 is 0 Å². The van der Waals surface area contributed by atoms with E-state index in [1.807, 2.05) is 24.3 Å². The second-order valence-electron chi connectivity index (χ2n) is 3.92. The first-order chi connectivity index (χ1) is 8.34. The lowest BCUT2D eigenvalue weighted by molar-refractivity contribution is -0.154. The van der Waals surface area contributed by atoms with E-state index in [-0.39, 0.29) is 6.29 Å². The molecule has 2 rings (SSSR count). The summed E-state index contributed by atoms with van der Waals surface area (Å²) in [5.41, 5.74) is 1.00. The van der Waals surface area contributed by atoms with E-state index >= 15 is 0 Å². The summed E-state index contributed by atoms with van der Waals surface area (Å²) in [6, 6.07) is 7.92. The molecule has 1 aliphatic rings.